The lowest BCUT2D eigenvalue weighted by Gasteiger charge is -2.26. The van der Waals surface area contributed by atoms with Crippen LogP contribution in [0.1, 0.15) is 25.8 Å². The van der Waals surface area contributed by atoms with Crippen LogP contribution in [0.25, 0.3) is 11.4 Å². The molecule has 1 aliphatic carbocycles. The maximum Gasteiger partial charge on any atom is 0.171 e. The number of hydrogen-bond donors (Lipinski definition) is 2. The van der Waals surface area contributed by atoms with Crippen LogP contribution in [-0.4, -0.2) is 61.3 Å². The van der Waals surface area contributed by atoms with Crippen molar-refractivity contribution in [2.45, 2.75) is 31.8 Å². The molecule has 1 fully saturated rings. The summed E-state index contributed by atoms with van der Waals surface area (Å²) in [6.07, 6.45) is 14.0. The second kappa shape index (κ2) is 8.43. The highest BCUT2D eigenvalue weighted by Crippen LogP contribution is 2.37. The van der Waals surface area contributed by atoms with E-state index in [0.29, 0.717) is 18.4 Å². The van der Waals surface area contributed by atoms with Crippen molar-refractivity contribution in [3.63, 3.8) is 0 Å². The number of nitrogens with one attached hydrogen (secondary N) is 1. The minimum atomic E-state index is 0.105. The summed E-state index contributed by atoms with van der Waals surface area (Å²) in [4.78, 5) is 11.0. The Labute approximate surface area is 186 Å². The van der Waals surface area contributed by atoms with Crippen molar-refractivity contribution < 1.29 is 5.21 Å². The Balaban J connectivity index is 1.30. The third-order valence-electron chi connectivity index (χ3n) is 5.83. The number of aliphatic imine (C=N–C) groups is 2. The Hall–Kier alpha value is -3.72. The van der Waals surface area contributed by atoms with Gasteiger partial charge < -0.3 is 9.47 Å². The summed E-state index contributed by atoms with van der Waals surface area (Å²) in [5.74, 6) is 2.19. The van der Waals surface area contributed by atoms with Gasteiger partial charge in [0.15, 0.2) is 11.7 Å². The Morgan fingerprint density at radius 3 is 3.00 bits per heavy atom. The molecule has 1 unspecified atom stereocenters. The van der Waals surface area contributed by atoms with Crippen LogP contribution in [0.2, 0.25) is 0 Å². The largest absolute Gasteiger partial charge is 0.324 e. The Bertz CT molecular complexity index is 1150. The molecule has 3 heterocycles. The van der Waals surface area contributed by atoms with Crippen molar-refractivity contribution in [1.29, 1.82) is 0 Å². The topological polar surface area (TPSA) is 94.2 Å². The van der Waals surface area contributed by atoms with Gasteiger partial charge in [0.2, 0.25) is 0 Å². The van der Waals surface area contributed by atoms with E-state index in [1.807, 2.05) is 61.7 Å². The number of hydrazine groups is 1. The molecule has 1 atom stereocenters. The average Bonchev–Trinajstić information content (AvgIpc) is 3.37. The van der Waals surface area contributed by atoms with Crippen LogP contribution in [0.3, 0.4) is 0 Å². The van der Waals surface area contributed by atoms with Crippen LogP contribution in [0.15, 0.2) is 76.7 Å². The molecule has 0 saturated heterocycles. The zero-order valence-corrected chi connectivity index (χ0v) is 18.1. The predicted molar refractivity (Wildman–Crippen MR) is 124 cm³/mol. The lowest BCUT2D eigenvalue weighted by atomic mass is 10.1. The highest BCUT2D eigenvalue weighted by Gasteiger charge is 2.28. The molecule has 1 saturated carbocycles. The number of hydroxylamine groups is 1. The standard InChI is InChI=1S/C23H26N8O/c1-16(20-14-25-21-8-3-4-11-29(20)21)12-22(24-2)31(32)28-18-7-5-6-17(13-18)23-27-26-15-30(23)19-9-10-19/h3-8,11-13,15,19-20,28,32H,9-10,14H2,1-2H3/b16-12+,24-22?. The van der Waals surface area contributed by atoms with E-state index >= 15 is 0 Å². The first-order valence-electron chi connectivity index (χ1n) is 10.7. The summed E-state index contributed by atoms with van der Waals surface area (Å²) >= 11 is 0. The molecule has 0 bridgehead atoms. The molecule has 2 N–H and O–H groups in total. The van der Waals surface area contributed by atoms with Crippen molar-refractivity contribution in [3.8, 4) is 11.4 Å². The number of anilines is 1. The average molecular weight is 431 g/mol. The Morgan fingerprint density at radius 1 is 1.31 bits per heavy atom. The first kappa shape index (κ1) is 20.2. The lowest BCUT2D eigenvalue weighted by Crippen LogP contribution is -2.35. The minimum absolute atomic E-state index is 0.105. The van der Waals surface area contributed by atoms with Crippen LogP contribution in [0, 0.1) is 0 Å². The molecular formula is C23H26N8O. The van der Waals surface area contributed by atoms with Crippen molar-refractivity contribution in [1.82, 2.24) is 24.8 Å². The molecule has 9 nitrogen and oxygen atoms in total. The first-order chi connectivity index (χ1) is 15.6. The van der Waals surface area contributed by atoms with Gasteiger partial charge in [-0.1, -0.05) is 18.2 Å². The van der Waals surface area contributed by atoms with Gasteiger partial charge in [0.1, 0.15) is 12.2 Å². The Kier molecular flexibility index (Phi) is 5.32. The normalized spacial score (nSPS) is 20.4. The fourth-order valence-electron chi connectivity index (χ4n) is 3.97. The van der Waals surface area contributed by atoms with Gasteiger partial charge in [0, 0.05) is 24.9 Å². The number of nitrogens with zero attached hydrogens (tertiary/aromatic N) is 7. The highest BCUT2D eigenvalue weighted by atomic mass is 16.5. The number of rotatable bonds is 6. The molecular weight excluding hydrogens is 404 g/mol. The summed E-state index contributed by atoms with van der Waals surface area (Å²) in [5, 5.41) is 20.0. The van der Waals surface area contributed by atoms with Crippen LogP contribution in [0.4, 0.5) is 5.69 Å². The number of benzene rings is 1. The second-order valence-electron chi connectivity index (χ2n) is 8.09. The van der Waals surface area contributed by atoms with E-state index < -0.39 is 0 Å². The van der Waals surface area contributed by atoms with E-state index in [0.717, 1.165) is 46.5 Å². The van der Waals surface area contributed by atoms with Gasteiger partial charge >= 0.3 is 0 Å². The quantitative estimate of drug-likeness (QED) is 0.414. The van der Waals surface area contributed by atoms with Gasteiger partial charge in [0.05, 0.1) is 18.3 Å². The molecule has 9 heteroatoms. The van der Waals surface area contributed by atoms with E-state index in [2.05, 4.69) is 35.1 Å². The molecule has 0 amide bonds. The van der Waals surface area contributed by atoms with Crippen molar-refractivity contribution >= 4 is 17.4 Å². The van der Waals surface area contributed by atoms with Crippen LogP contribution >= 0.6 is 0 Å². The number of allylic oxidation sites excluding steroid dienone is 2. The fourth-order valence-corrected chi connectivity index (χ4v) is 3.97. The summed E-state index contributed by atoms with van der Waals surface area (Å²) in [6, 6.07) is 8.34. The molecule has 2 aliphatic heterocycles. The molecule has 2 aromatic rings. The number of aromatic nitrogens is 3. The molecule has 0 radical (unpaired) electrons. The predicted octanol–water partition coefficient (Wildman–Crippen LogP) is 3.44. The van der Waals surface area contributed by atoms with Crippen LogP contribution < -0.4 is 5.43 Å². The summed E-state index contributed by atoms with van der Waals surface area (Å²) < 4.78 is 2.11. The molecule has 164 valence electrons. The van der Waals surface area contributed by atoms with Gasteiger partial charge in [-0.25, -0.2) is 0 Å². The molecule has 0 spiro atoms. The van der Waals surface area contributed by atoms with Crippen LogP contribution in [0.5, 0.6) is 0 Å². The van der Waals surface area contributed by atoms with Gasteiger partial charge in [-0.3, -0.25) is 20.6 Å². The molecule has 1 aromatic carbocycles. The maximum absolute atomic E-state index is 10.7. The Morgan fingerprint density at radius 2 is 2.19 bits per heavy atom. The van der Waals surface area contributed by atoms with E-state index in [9.17, 15) is 5.21 Å². The zero-order valence-electron chi connectivity index (χ0n) is 18.1. The summed E-state index contributed by atoms with van der Waals surface area (Å²) in [6.45, 7) is 2.70. The number of fused-ring (bicyclic) bond motifs is 1. The maximum atomic E-state index is 10.7. The van der Waals surface area contributed by atoms with Crippen LogP contribution in [-0.2, 0) is 0 Å². The first-order valence-corrected chi connectivity index (χ1v) is 10.7. The van der Waals surface area contributed by atoms with Crippen molar-refractivity contribution in [2.24, 2.45) is 9.98 Å². The zero-order chi connectivity index (χ0) is 22.1. The van der Waals surface area contributed by atoms with E-state index in [-0.39, 0.29) is 6.04 Å². The molecule has 1 aromatic heterocycles. The summed E-state index contributed by atoms with van der Waals surface area (Å²) in [5.41, 5.74) is 5.71. The molecule has 5 rings (SSSR count). The van der Waals surface area contributed by atoms with Gasteiger partial charge in [-0.2, -0.15) is 0 Å². The monoisotopic (exact) mass is 430 g/mol. The second-order valence-corrected chi connectivity index (χ2v) is 8.09. The van der Waals surface area contributed by atoms with Gasteiger partial charge in [-0.05, 0) is 55.7 Å². The van der Waals surface area contributed by atoms with Crippen molar-refractivity contribution in [2.75, 3.05) is 19.0 Å². The van der Waals surface area contributed by atoms with E-state index in [1.54, 1.807) is 13.4 Å². The molecule has 32 heavy (non-hydrogen) atoms. The van der Waals surface area contributed by atoms with Gasteiger partial charge in [0.25, 0.3) is 0 Å². The summed E-state index contributed by atoms with van der Waals surface area (Å²) in [7, 11) is 1.65. The number of amidine groups is 2. The smallest absolute Gasteiger partial charge is 0.171 e. The number of hydrogen-bond acceptors (Lipinski definition) is 7. The molecule has 3 aliphatic rings. The highest BCUT2D eigenvalue weighted by molar-refractivity contribution is 5.97. The minimum Gasteiger partial charge on any atom is -0.324 e. The lowest BCUT2D eigenvalue weighted by molar-refractivity contribution is 0.0132. The van der Waals surface area contributed by atoms with E-state index in [1.165, 1.54) is 0 Å². The van der Waals surface area contributed by atoms with Crippen molar-refractivity contribution in [3.05, 3.63) is 66.7 Å². The van der Waals surface area contributed by atoms with Gasteiger partial charge in [-0.15, -0.1) is 15.4 Å². The van der Waals surface area contributed by atoms with E-state index in [4.69, 9.17) is 0 Å². The SMILES string of the molecule is CN=C(/C=C(\C)C1CN=C2C=CC=CN21)N(O)Nc1cccc(-c2nncn2C2CC2)c1. The third kappa shape index (κ3) is 3.94. The third-order valence-corrected chi connectivity index (χ3v) is 5.83. The fraction of sp³-hybridized carbons (Fsp3) is 0.304.